The Morgan fingerprint density at radius 3 is 2.66 bits per heavy atom. The zero-order valence-electron chi connectivity index (χ0n) is 16.6. The summed E-state index contributed by atoms with van der Waals surface area (Å²) < 4.78 is 10.2. The quantitative estimate of drug-likeness (QED) is 0.727. The fourth-order valence-electron chi connectivity index (χ4n) is 3.22. The molecule has 1 aliphatic rings. The predicted molar refractivity (Wildman–Crippen MR) is 108 cm³/mol. The molecule has 2 amide bonds. The second-order valence-corrected chi connectivity index (χ2v) is 6.94. The van der Waals surface area contributed by atoms with Crippen molar-refractivity contribution in [3.05, 3.63) is 59.2 Å². The molecule has 0 unspecified atom stereocenters. The van der Waals surface area contributed by atoms with E-state index in [2.05, 4.69) is 5.32 Å². The van der Waals surface area contributed by atoms with Gasteiger partial charge in [-0.1, -0.05) is 12.1 Å². The molecular weight excluding hydrogens is 372 g/mol. The standard InChI is InChI=1S/C22H24N2O5/c1-24(13-20(25)23-18-7-4-8-19(12-18)28-2)21(26)14-29-22(27)17-10-9-15-5-3-6-16(15)11-17/h4,7-12H,3,5-6,13-14H2,1-2H3,(H,23,25). The summed E-state index contributed by atoms with van der Waals surface area (Å²) in [5, 5.41) is 2.70. The monoisotopic (exact) mass is 396 g/mol. The van der Waals surface area contributed by atoms with Gasteiger partial charge in [-0.3, -0.25) is 9.59 Å². The van der Waals surface area contributed by atoms with Crippen molar-refractivity contribution >= 4 is 23.5 Å². The SMILES string of the molecule is COc1cccc(NC(=O)CN(C)C(=O)COC(=O)c2ccc3c(c2)CCC3)c1. The van der Waals surface area contributed by atoms with Gasteiger partial charge in [0, 0.05) is 18.8 Å². The van der Waals surface area contributed by atoms with E-state index in [-0.39, 0.29) is 12.5 Å². The normalized spacial score (nSPS) is 12.1. The van der Waals surface area contributed by atoms with Crippen molar-refractivity contribution < 1.29 is 23.9 Å². The molecule has 7 nitrogen and oxygen atoms in total. The summed E-state index contributed by atoms with van der Waals surface area (Å²) in [4.78, 5) is 37.8. The highest BCUT2D eigenvalue weighted by atomic mass is 16.5. The number of carbonyl (C=O) groups is 3. The molecule has 0 heterocycles. The van der Waals surface area contributed by atoms with Crippen molar-refractivity contribution in [2.75, 3.05) is 32.6 Å². The van der Waals surface area contributed by atoms with Crippen LogP contribution < -0.4 is 10.1 Å². The number of hydrogen-bond acceptors (Lipinski definition) is 5. The summed E-state index contributed by atoms with van der Waals surface area (Å²) in [5.41, 5.74) is 3.44. The Kier molecular flexibility index (Phi) is 6.49. The Bertz CT molecular complexity index is 925. The van der Waals surface area contributed by atoms with E-state index < -0.39 is 18.5 Å². The molecule has 3 rings (SSSR count). The number of likely N-dealkylation sites (N-methyl/N-ethyl adjacent to an activating group) is 1. The van der Waals surface area contributed by atoms with Crippen LogP contribution in [0.25, 0.3) is 0 Å². The summed E-state index contributed by atoms with van der Waals surface area (Å²) in [6.07, 6.45) is 3.08. The first kappa shape index (κ1) is 20.4. The number of amides is 2. The molecule has 7 heteroatoms. The summed E-state index contributed by atoms with van der Waals surface area (Å²) in [7, 11) is 3.02. The maximum Gasteiger partial charge on any atom is 0.338 e. The van der Waals surface area contributed by atoms with Crippen LogP contribution in [0, 0.1) is 0 Å². The molecule has 1 N–H and O–H groups in total. The van der Waals surface area contributed by atoms with Gasteiger partial charge in [-0.25, -0.2) is 4.79 Å². The zero-order valence-corrected chi connectivity index (χ0v) is 16.6. The molecule has 0 aromatic heterocycles. The molecule has 0 atom stereocenters. The topological polar surface area (TPSA) is 84.9 Å². The maximum atomic E-state index is 12.2. The van der Waals surface area contributed by atoms with Crippen molar-refractivity contribution in [1.82, 2.24) is 4.90 Å². The number of benzene rings is 2. The third-order valence-corrected chi connectivity index (χ3v) is 4.82. The van der Waals surface area contributed by atoms with Crippen LogP contribution in [0.15, 0.2) is 42.5 Å². The van der Waals surface area contributed by atoms with Crippen LogP contribution in [0.1, 0.15) is 27.9 Å². The van der Waals surface area contributed by atoms with E-state index in [1.54, 1.807) is 30.3 Å². The first-order valence-electron chi connectivity index (χ1n) is 9.43. The Morgan fingerprint density at radius 1 is 1.07 bits per heavy atom. The van der Waals surface area contributed by atoms with Crippen LogP contribution in [-0.2, 0) is 27.2 Å². The van der Waals surface area contributed by atoms with E-state index in [1.807, 2.05) is 12.1 Å². The number of fused-ring (bicyclic) bond motifs is 1. The molecular formula is C22H24N2O5. The van der Waals surface area contributed by atoms with E-state index in [0.717, 1.165) is 24.8 Å². The van der Waals surface area contributed by atoms with Crippen molar-refractivity contribution in [1.29, 1.82) is 0 Å². The molecule has 0 radical (unpaired) electrons. The van der Waals surface area contributed by atoms with E-state index in [1.165, 1.54) is 24.6 Å². The second-order valence-electron chi connectivity index (χ2n) is 6.94. The van der Waals surface area contributed by atoms with Gasteiger partial charge in [0.15, 0.2) is 6.61 Å². The third-order valence-electron chi connectivity index (χ3n) is 4.82. The number of nitrogens with zero attached hydrogens (tertiary/aromatic N) is 1. The molecule has 0 spiro atoms. The van der Waals surface area contributed by atoms with Crippen LogP contribution >= 0.6 is 0 Å². The van der Waals surface area contributed by atoms with Crippen LogP contribution in [0.2, 0.25) is 0 Å². The number of carbonyl (C=O) groups excluding carboxylic acids is 3. The minimum Gasteiger partial charge on any atom is -0.497 e. The summed E-state index contributed by atoms with van der Waals surface area (Å²) >= 11 is 0. The predicted octanol–water partition coefficient (Wildman–Crippen LogP) is 2.44. The Morgan fingerprint density at radius 2 is 1.86 bits per heavy atom. The van der Waals surface area contributed by atoms with E-state index in [4.69, 9.17) is 9.47 Å². The molecule has 29 heavy (non-hydrogen) atoms. The van der Waals surface area contributed by atoms with Gasteiger partial charge < -0.3 is 19.7 Å². The van der Waals surface area contributed by atoms with Crippen LogP contribution in [-0.4, -0.2) is 50.0 Å². The van der Waals surface area contributed by atoms with Crippen molar-refractivity contribution in [2.24, 2.45) is 0 Å². The minimum absolute atomic E-state index is 0.160. The average Bonchev–Trinajstić information content (AvgIpc) is 3.19. The van der Waals surface area contributed by atoms with Crippen molar-refractivity contribution in [2.45, 2.75) is 19.3 Å². The Hall–Kier alpha value is -3.35. The molecule has 0 aliphatic heterocycles. The van der Waals surface area contributed by atoms with Gasteiger partial charge in [0.1, 0.15) is 5.75 Å². The molecule has 2 aromatic rings. The number of nitrogens with one attached hydrogen (secondary N) is 1. The molecule has 1 aliphatic carbocycles. The highest BCUT2D eigenvalue weighted by Gasteiger charge is 2.18. The minimum atomic E-state index is -0.540. The number of anilines is 1. The largest absolute Gasteiger partial charge is 0.497 e. The summed E-state index contributed by atoms with van der Waals surface area (Å²) in [5.74, 6) is -0.743. The van der Waals surface area contributed by atoms with Gasteiger partial charge in [0.25, 0.3) is 5.91 Å². The molecule has 0 saturated heterocycles. The Balaban J connectivity index is 1.47. The number of rotatable bonds is 7. The Labute approximate surface area is 169 Å². The number of esters is 1. The van der Waals surface area contributed by atoms with Gasteiger partial charge >= 0.3 is 5.97 Å². The van der Waals surface area contributed by atoms with Gasteiger partial charge in [0.05, 0.1) is 19.2 Å². The second kappa shape index (κ2) is 9.23. The van der Waals surface area contributed by atoms with Crippen LogP contribution in [0.3, 0.4) is 0 Å². The molecule has 0 fully saturated rings. The highest BCUT2D eigenvalue weighted by molar-refractivity contribution is 5.95. The average molecular weight is 396 g/mol. The number of aryl methyl sites for hydroxylation is 2. The summed E-state index contributed by atoms with van der Waals surface area (Å²) in [6, 6.07) is 12.4. The maximum absolute atomic E-state index is 12.2. The number of methoxy groups -OCH3 is 1. The lowest BCUT2D eigenvalue weighted by molar-refractivity contribution is -0.136. The number of hydrogen-bond donors (Lipinski definition) is 1. The molecule has 0 saturated carbocycles. The van der Waals surface area contributed by atoms with Gasteiger partial charge in [0.2, 0.25) is 5.91 Å². The van der Waals surface area contributed by atoms with Gasteiger partial charge in [-0.2, -0.15) is 0 Å². The zero-order chi connectivity index (χ0) is 20.8. The lowest BCUT2D eigenvalue weighted by Crippen LogP contribution is -2.37. The van der Waals surface area contributed by atoms with Crippen LogP contribution in [0.5, 0.6) is 5.75 Å². The van der Waals surface area contributed by atoms with Gasteiger partial charge in [-0.15, -0.1) is 0 Å². The van der Waals surface area contributed by atoms with Crippen LogP contribution in [0.4, 0.5) is 5.69 Å². The lowest BCUT2D eigenvalue weighted by atomic mass is 10.1. The van der Waals surface area contributed by atoms with E-state index in [0.29, 0.717) is 17.0 Å². The fraction of sp³-hybridized carbons (Fsp3) is 0.318. The third kappa shape index (κ3) is 5.34. The molecule has 152 valence electrons. The summed E-state index contributed by atoms with van der Waals surface area (Å²) in [6.45, 7) is -0.578. The number of ether oxygens (including phenoxy) is 2. The first-order valence-corrected chi connectivity index (χ1v) is 9.43. The van der Waals surface area contributed by atoms with Crippen molar-refractivity contribution in [3.8, 4) is 5.75 Å². The van der Waals surface area contributed by atoms with E-state index in [9.17, 15) is 14.4 Å². The highest BCUT2D eigenvalue weighted by Crippen LogP contribution is 2.23. The fourth-order valence-corrected chi connectivity index (χ4v) is 3.22. The van der Waals surface area contributed by atoms with Crippen molar-refractivity contribution in [3.63, 3.8) is 0 Å². The first-order chi connectivity index (χ1) is 14.0. The van der Waals surface area contributed by atoms with Gasteiger partial charge in [-0.05, 0) is 54.7 Å². The molecule has 2 aromatic carbocycles. The smallest absolute Gasteiger partial charge is 0.338 e. The van der Waals surface area contributed by atoms with E-state index >= 15 is 0 Å². The lowest BCUT2D eigenvalue weighted by Gasteiger charge is -2.17. The molecule has 0 bridgehead atoms.